The fraction of sp³-hybridized carbons (Fsp3) is 0.333. The van der Waals surface area contributed by atoms with Crippen LogP contribution in [0, 0.1) is 41.5 Å². The minimum atomic E-state index is -3.35. The summed E-state index contributed by atoms with van der Waals surface area (Å²) in [4.78, 5) is 0. The van der Waals surface area contributed by atoms with Gasteiger partial charge in [-0.05, 0) is 86.1 Å². The number of rotatable bonds is 5. The van der Waals surface area contributed by atoms with Crippen LogP contribution in [-0.4, -0.2) is 14.7 Å². The average Bonchev–Trinajstić information content (AvgIpc) is 2.79. The number of nitrogens with two attached hydrogens (primary N) is 1. The minimum absolute atomic E-state index is 0. The van der Waals surface area contributed by atoms with Crippen molar-refractivity contribution in [1.29, 1.82) is 0 Å². The van der Waals surface area contributed by atoms with Crippen molar-refractivity contribution >= 4 is 10.0 Å². The number of benzene rings is 3. The van der Waals surface area contributed by atoms with Crippen molar-refractivity contribution in [2.75, 3.05) is 6.26 Å². The summed E-state index contributed by atoms with van der Waals surface area (Å²) in [5.74, 6) is 0. The molecular formula is C27H36N2O2RuS. The average molecular weight is 554 g/mol. The topological polar surface area (TPSA) is 72.2 Å². The summed E-state index contributed by atoms with van der Waals surface area (Å²) in [5, 5.41) is 0. The van der Waals surface area contributed by atoms with Gasteiger partial charge < -0.3 is 5.73 Å². The maximum Gasteiger partial charge on any atom is 0.209 e. The van der Waals surface area contributed by atoms with Gasteiger partial charge in [0.2, 0.25) is 10.0 Å². The first-order valence-electron chi connectivity index (χ1n) is 10.8. The smallest absolute Gasteiger partial charge is 0.209 e. The van der Waals surface area contributed by atoms with E-state index in [2.05, 4.69) is 46.3 Å². The van der Waals surface area contributed by atoms with E-state index < -0.39 is 22.1 Å². The standard InChI is InChI=1S/C15H18N2O2S.C12H18.Ru/c1-20(18,19)17-15(13-10-6-3-7-11-13)14(16)12-8-4-2-5-9-12;1-7-8(2)10(4)12(6)11(5)9(7)3;/h2-11,14-15,17H,16H2,1H3;1-6H3;/t14-,15-;;/m0../s1. The molecular weight excluding hydrogens is 517 g/mol. The fourth-order valence-corrected chi connectivity index (χ4v) is 4.54. The minimum Gasteiger partial charge on any atom is -0.322 e. The zero-order valence-electron chi connectivity index (χ0n) is 20.6. The molecule has 0 radical (unpaired) electrons. The molecule has 0 unspecified atom stereocenters. The first-order chi connectivity index (χ1) is 14.9. The van der Waals surface area contributed by atoms with E-state index in [0.717, 1.165) is 17.4 Å². The fourth-order valence-electron chi connectivity index (χ4n) is 3.79. The van der Waals surface area contributed by atoms with Crippen LogP contribution in [0.5, 0.6) is 0 Å². The third-order valence-electron chi connectivity index (χ3n) is 6.42. The Kier molecular flexibility index (Phi) is 11.1. The molecule has 3 aromatic rings. The van der Waals surface area contributed by atoms with Crippen LogP contribution in [0.4, 0.5) is 0 Å². The van der Waals surface area contributed by atoms with E-state index in [0.29, 0.717) is 0 Å². The van der Waals surface area contributed by atoms with Gasteiger partial charge in [0, 0.05) is 19.5 Å². The molecule has 3 N–H and O–H groups in total. The number of nitrogens with one attached hydrogen (secondary N) is 1. The second kappa shape index (κ2) is 12.6. The molecule has 2 atom stereocenters. The molecule has 0 aliphatic carbocycles. The summed E-state index contributed by atoms with van der Waals surface area (Å²) in [6, 6.07) is 17.9. The van der Waals surface area contributed by atoms with Crippen molar-refractivity contribution in [3.8, 4) is 0 Å². The van der Waals surface area contributed by atoms with Gasteiger partial charge in [0.05, 0.1) is 18.3 Å². The second-order valence-corrected chi connectivity index (χ2v) is 10.2. The van der Waals surface area contributed by atoms with Crippen LogP contribution in [-0.2, 0) is 29.5 Å². The molecule has 0 aliphatic rings. The Bertz CT molecular complexity index is 1040. The summed E-state index contributed by atoms with van der Waals surface area (Å²) in [6.45, 7) is 13.3. The predicted octanol–water partition coefficient (Wildman–Crippen LogP) is 5.51. The monoisotopic (exact) mass is 554 g/mol. The van der Waals surface area contributed by atoms with Crippen LogP contribution in [0.1, 0.15) is 56.6 Å². The summed E-state index contributed by atoms with van der Waals surface area (Å²) >= 11 is 0. The van der Waals surface area contributed by atoms with Crippen molar-refractivity contribution in [3.05, 3.63) is 105 Å². The zero-order chi connectivity index (χ0) is 24.1. The molecule has 4 nitrogen and oxygen atoms in total. The molecule has 3 rings (SSSR count). The van der Waals surface area contributed by atoms with Crippen LogP contribution in [0.3, 0.4) is 0 Å². The molecule has 6 heteroatoms. The normalized spacial score (nSPS) is 12.7. The van der Waals surface area contributed by atoms with E-state index in [9.17, 15) is 8.42 Å². The molecule has 0 aromatic heterocycles. The third kappa shape index (κ3) is 7.86. The van der Waals surface area contributed by atoms with E-state index in [1.54, 1.807) is 0 Å². The summed E-state index contributed by atoms with van der Waals surface area (Å²) < 4.78 is 25.8. The van der Waals surface area contributed by atoms with Crippen molar-refractivity contribution in [2.45, 2.75) is 53.6 Å². The maximum absolute atomic E-state index is 11.6. The third-order valence-corrected chi connectivity index (χ3v) is 7.10. The van der Waals surface area contributed by atoms with Crippen LogP contribution in [0.15, 0.2) is 60.7 Å². The van der Waals surface area contributed by atoms with E-state index in [-0.39, 0.29) is 19.5 Å². The van der Waals surface area contributed by atoms with Gasteiger partial charge in [-0.15, -0.1) is 0 Å². The van der Waals surface area contributed by atoms with E-state index in [1.807, 2.05) is 60.7 Å². The van der Waals surface area contributed by atoms with Gasteiger partial charge in [-0.2, -0.15) is 0 Å². The predicted molar refractivity (Wildman–Crippen MR) is 135 cm³/mol. The van der Waals surface area contributed by atoms with Gasteiger partial charge in [0.1, 0.15) is 0 Å². The Morgan fingerprint density at radius 1 is 0.636 bits per heavy atom. The van der Waals surface area contributed by atoms with Crippen molar-refractivity contribution in [2.24, 2.45) is 5.73 Å². The van der Waals surface area contributed by atoms with Crippen LogP contribution < -0.4 is 10.5 Å². The molecule has 0 saturated heterocycles. The Hall–Kier alpha value is -1.85. The van der Waals surface area contributed by atoms with Gasteiger partial charge in [-0.25, -0.2) is 13.1 Å². The van der Waals surface area contributed by atoms with Crippen LogP contribution >= 0.6 is 0 Å². The largest absolute Gasteiger partial charge is 0.322 e. The molecule has 0 amide bonds. The van der Waals surface area contributed by atoms with Crippen molar-refractivity contribution in [1.82, 2.24) is 4.72 Å². The first-order valence-corrected chi connectivity index (χ1v) is 12.7. The molecule has 0 saturated carbocycles. The van der Waals surface area contributed by atoms with Gasteiger partial charge in [-0.1, -0.05) is 60.7 Å². The summed E-state index contributed by atoms with van der Waals surface area (Å²) in [6.07, 6.45) is 1.14. The number of sulfonamides is 1. The SMILES string of the molecule is CS(=O)(=O)N[C@@H](c1ccccc1)[C@@H](N)c1ccccc1.Cc1c(C)c(C)c(C)c(C)c1C.[Ru]. The molecule has 0 fully saturated rings. The van der Waals surface area contributed by atoms with Gasteiger partial charge in [0.25, 0.3) is 0 Å². The Balaban J connectivity index is 0.000000361. The van der Waals surface area contributed by atoms with Crippen molar-refractivity contribution in [3.63, 3.8) is 0 Å². The quantitative estimate of drug-likeness (QED) is 0.409. The molecule has 180 valence electrons. The Morgan fingerprint density at radius 2 is 0.939 bits per heavy atom. The number of hydrogen-bond donors (Lipinski definition) is 2. The Morgan fingerprint density at radius 3 is 1.24 bits per heavy atom. The van der Waals surface area contributed by atoms with Gasteiger partial charge in [0.15, 0.2) is 0 Å². The van der Waals surface area contributed by atoms with Crippen LogP contribution in [0.25, 0.3) is 0 Å². The molecule has 0 bridgehead atoms. The van der Waals surface area contributed by atoms with E-state index in [1.165, 1.54) is 33.4 Å². The molecule has 0 aliphatic heterocycles. The van der Waals surface area contributed by atoms with E-state index >= 15 is 0 Å². The number of hydrogen-bond acceptors (Lipinski definition) is 3. The second-order valence-electron chi connectivity index (χ2n) is 8.46. The van der Waals surface area contributed by atoms with Gasteiger partial charge in [-0.3, -0.25) is 0 Å². The molecule has 33 heavy (non-hydrogen) atoms. The van der Waals surface area contributed by atoms with Gasteiger partial charge >= 0.3 is 0 Å². The molecule has 0 spiro atoms. The molecule has 0 heterocycles. The maximum atomic E-state index is 11.6. The zero-order valence-corrected chi connectivity index (χ0v) is 23.1. The Labute approximate surface area is 212 Å². The summed E-state index contributed by atoms with van der Waals surface area (Å²) in [5.41, 5.74) is 16.7. The molecule has 3 aromatic carbocycles. The first kappa shape index (κ1) is 29.2. The van der Waals surface area contributed by atoms with Crippen LogP contribution in [0.2, 0.25) is 0 Å². The van der Waals surface area contributed by atoms with E-state index in [4.69, 9.17) is 5.73 Å². The van der Waals surface area contributed by atoms with Crippen molar-refractivity contribution < 1.29 is 27.9 Å². The summed E-state index contributed by atoms with van der Waals surface area (Å²) in [7, 11) is -3.35.